The highest BCUT2D eigenvalue weighted by Crippen LogP contribution is 2.22. The topological polar surface area (TPSA) is 78.8 Å². The molecule has 2 rings (SSSR count). The molecule has 0 aliphatic carbocycles. The molecule has 23 heavy (non-hydrogen) atoms. The summed E-state index contributed by atoms with van der Waals surface area (Å²) in [5.41, 5.74) is 1.46. The number of hydrogen-bond acceptors (Lipinski definition) is 4. The number of nitrogens with one attached hydrogen (secondary N) is 1. The van der Waals surface area contributed by atoms with Crippen molar-refractivity contribution in [1.29, 1.82) is 5.26 Å². The molecule has 5 nitrogen and oxygen atoms in total. The van der Waals surface area contributed by atoms with Crippen molar-refractivity contribution in [1.82, 2.24) is 9.97 Å². The van der Waals surface area contributed by atoms with E-state index in [1.54, 1.807) is 36.4 Å². The van der Waals surface area contributed by atoms with Crippen LogP contribution in [-0.4, -0.2) is 16.6 Å². The molecule has 0 spiro atoms. The van der Waals surface area contributed by atoms with Crippen LogP contribution in [0.3, 0.4) is 0 Å². The number of H-pyrrole nitrogens is 1. The van der Waals surface area contributed by atoms with Crippen LogP contribution in [0.4, 0.5) is 0 Å². The van der Waals surface area contributed by atoms with Gasteiger partial charge in [0.05, 0.1) is 12.0 Å². The monoisotopic (exact) mass is 305 g/mol. The minimum atomic E-state index is -0.456. The maximum absolute atomic E-state index is 11.6. The summed E-state index contributed by atoms with van der Waals surface area (Å²) in [5, 5.41) is 9.08. The largest absolute Gasteiger partial charge is 0.489 e. The standard InChI is InChI=1S/C18H15N3O2/c1-3-5-13(4-2)11-23-15-8-6-14(7-9-15)17-16(10-19)18(22)21-12-20-17/h3-9,12H,1-2,11H2,(H,20,21,22)/b13-5+. The number of rotatable bonds is 6. The number of nitrogens with zero attached hydrogens (tertiary/aromatic N) is 2. The van der Waals surface area contributed by atoms with Gasteiger partial charge in [0.2, 0.25) is 0 Å². The Morgan fingerprint density at radius 1 is 1.35 bits per heavy atom. The number of benzene rings is 1. The van der Waals surface area contributed by atoms with Crippen molar-refractivity contribution in [3.63, 3.8) is 0 Å². The first-order valence-electron chi connectivity index (χ1n) is 6.84. The first-order chi connectivity index (χ1) is 11.2. The van der Waals surface area contributed by atoms with Crippen LogP contribution in [0.25, 0.3) is 11.3 Å². The highest BCUT2D eigenvalue weighted by Gasteiger charge is 2.10. The average molecular weight is 305 g/mol. The van der Waals surface area contributed by atoms with Gasteiger partial charge in [-0.05, 0) is 29.8 Å². The van der Waals surface area contributed by atoms with E-state index in [2.05, 4.69) is 23.1 Å². The molecular weight excluding hydrogens is 290 g/mol. The average Bonchev–Trinajstić information content (AvgIpc) is 2.59. The van der Waals surface area contributed by atoms with Crippen molar-refractivity contribution in [3.8, 4) is 23.1 Å². The van der Waals surface area contributed by atoms with Gasteiger partial charge in [0.1, 0.15) is 24.0 Å². The molecule has 0 saturated carbocycles. The fourth-order valence-corrected chi connectivity index (χ4v) is 1.92. The molecule has 0 saturated heterocycles. The van der Waals surface area contributed by atoms with Crippen LogP contribution >= 0.6 is 0 Å². The van der Waals surface area contributed by atoms with Crippen LogP contribution in [0.1, 0.15) is 5.56 Å². The Balaban J connectivity index is 2.21. The second-order valence-electron chi connectivity index (χ2n) is 4.56. The Kier molecular flexibility index (Phi) is 5.26. The smallest absolute Gasteiger partial charge is 0.269 e. The Bertz CT molecular complexity index is 840. The highest BCUT2D eigenvalue weighted by atomic mass is 16.5. The van der Waals surface area contributed by atoms with Crippen LogP contribution in [0, 0.1) is 11.3 Å². The molecule has 114 valence electrons. The lowest BCUT2D eigenvalue weighted by Crippen LogP contribution is -2.12. The number of aromatic amines is 1. The molecule has 2 aromatic rings. The predicted molar refractivity (Wildman–Crippen MR) is 89.0 cm³/mol. The second-order valence-corrected chi connectivity index (χ2v) is 4.56. The molecule has 0 amide bonds. The lowest BCUT2D eigenvalue weighted by molar-refractivity contribution is 0.355. The van der Waals surface area contributed by atoms with E-state index in [1.807, 2.05) is 12.1 Å². The third-order valence-electron chi connectivity index (χ3n) is 3.09. The van der Waals surface area contributed by atoms with Crippen LogP contribution in [0.5, 0.6) is 5.75 Å². The fourth-order valence-electron chi connectivity index (χ4n) is 1.92. The van der Waals surface area contributed by atoms with Gasteiger partial charge in [0, 0.05) is 5.56 Å². The third-order valence-corrected chi connectivity index (χ3v) is 3.09. The Morgan fingerprint density at radius 2 is 2.09 bits per heavy atom. The van der Waals surface area contributed by atoms with Crippen molar-refractivity contribution in [3.05, 3.63) is 83.5 Å². The van der Waals surface area contributed by atoms with Crippen molar-refractivity contribution in [2.45, 2.75) is 0 Å². The van der Waals surface area contributed by atoms with Gasteiger partial charge in [0.25, 0.3) is 5.56 Å². The number of nitriles is 1. The SMILES string of the molecule is C=C/C=C(\C=C)COc1ccc(-c2nc[nH]c(=O)c2C#N)cc1. The molecule has 0 atom stereocenters. The number of ether oxygens (including phenoxy) is 1. The summed E-state index contributed by atoms with van der Waals surface area (Å²) in [7, 11) is 0. The van der Waals surface area contributed by atoms with Crippen molar-refractivity contribution in [2.24, 2.45) is 0 Å². The van der Waals surface area contributed by atoms with Crippen LogP contribution < -0.4 is 10.3 Å². The maximum Gasteiger partial charge on any atom is 0.269 e. The first-order valence-corrected chi connectivity index (χ1v) is 6.84. The summed E-state index contributed by atoms with van der Waals surface area (Å²) in [6.07, 6.45) is 6.47. The maximum atomic E-state index is 11.6. The zero-order valence-corrected chi connectivity index (χ0v) is 12.5. The molecule has 0 aliphatic rings. The predicted octanol–water partition coefficient (Wildman–Crippen LogP) is 2.99. The van der Waals surface area contributed by atoms with E-state index in [9.17, 15) is 4.79 Å². The van der Waals surface area contributed by atoms with Gasteiger partial charge in [-0.2, -0.15) is 5.26 Å². The molecule has 0 fully saturated rings. The zero-order chi connectivity index (χ0) is 16.7. The van der Waals surface area contributed by atoms with Gasteiger partial charge in [-0.25, -0.2) is 4.98 Å². The molecular formula is C18H15N3O2. The summed E-state index contributed by atoms with van der Waals surface area (Å²) in [6, 6.07) is 8.89. The molecule has 0 aliphatic heterocycles. The van der Waals surface area contributed by atoms with E-state index in [0.717, 1.165) is 5.57 Å². The highest BCUT2D eigenvalue weighted by molar-refractivity contribution is 5.66. The molecule has 1 heterocycles. The lowest BCUT2D eigenvalue weighted by atomic mass is 10.1. The molecule has 0 unspecified atom stereocenters. The van der Waals surface area contributed by atoms with Crippen molar-refractivity contribution < 1.29 is 4.74 Å². The minimum absolute atomic E-state index is 0.0102. The minimum Gasteiger partial charge on any atom is -0.489 e. The van der Waals surface area contributed by atoms with Gasteiger partial charge in [0.15, 0.2) is 0 Å². The van der Waals surface area contributed by atoms with Gasteiger partial charge in [-0.3, -0.25) is 4.79 Å². The molecule has 0 bridgehead atoms. The van der Waals surface area contributed by atoms with E-state index < -0.39 is 5.56 Å². The zero-order valence-electron chi connectivity index (χ0n) is 12.5. The Labute approximate surface area is 133 Å². The Morgan fingerprint density at radius 3 is 2.70 bits per heavy atom. The van der Waals surface area contributed by atoms with E-state index in [1.165, 1.54) is 6.33 Å². The van der Waals surface area contributed by atoms with E-state index in [4.69, 9.17) is 10.00 Å². The molecule has 1 aromatic heterocycles. The lowest BCUT2D eigenvalue weighted by Gasteiger charge is -2.08. The molecule has 1 aromatic carbocycles. The summed E-state index contributed by atoms with van der Waals surface area (Å²) in [6.45, 7) is 7.71. The van der Waals surface area contributed by atoms with E-state index in [-0.39, 0.29) is 5.56 Å². The van der Waals surface area contributed by atoms with Crippen LogP contribution in [-0.2, 0) is 0 Å². The normalized spacial score (nSPS) is 10.7. The van der Waals surface area contributed by atoms with Crippen molar-refractivity contribution in [2.75, 3.05) is 6.61 Å². The Hall–Kier alpha value is -3.39. The van der Waals surface area contributed by atoms with E-state index in [0.29, 0.717) is 23.6 Å². The van der Waals surface area contributed by atoms with Gasteiger partial charge < -0.3 is 9.72 Å². The number of aromatic nitrogens is 2. The van der Waals surface area contributed by atoms with Gasteiger partial charge in [-0.15, -0.1) is 0 Å². The third kappa shape index (κ3) is 3.83. The summed E-state index contributed by atoms with van der Waals surface area (Å²) >= 11 is 0. The quantitative estimate of drug-likeness (QED) is 0.832. The molecule has 1 N–H and O–H groups in total. The molecule has 0 radical (unpaired) electrons. The second kappa shape index (κ2) is 7.57. The van der Waals surface area contributed by atoms with Gasteiger partial charge >= 0.3 is 0 Å². The van der Waals surface area contributed by atoms with Crippen LogP contribution in [0.2, 0.25) is 0 Å². The van der Waals surface area contributed by atoms with Gasteiger partial charge in [-0.1, -0.05) is 31.4 Å². The first kappa shape index (κ1) is 16.0. The molecule has 5 heteroatoms. The summed E-state index contributed by atoms with van der Waals surface area (Å²) in [5.74, 6) is 0.661. The number of allylic oxidation sites excluding steroid dienone is 2. The fraction of sp³-hybridized carbons (Fsp3) is 0.0556. The van der Waals surface area contributed by atoms with Crippen molar-refractivity contribution >= 4 is 0 Å². The van der Waals surface area contributed by atoms with E-state index >= 15 is 0 Å². The number of hydrogen-bond donors (Lipinski definition) is 1. The summed E-state index contributed by atoms with van der Waals surface area (Å²) in [4.78, 5) is 18.1. The van der Waals surface area contributed by atoms with Crippen LogP contribution in [0.15, 0.2) is 72.3 Å². The summed E-state index contributed by atoms with van der Waals surface area (Å²) < 4.78 is 5.64.